The van der Waals surface area contributed by atoms with Gasteiger partial charge in [-0.05, 0) is 91.0 Å². The van der Waals surface area contributed by atoms with Crippen LogP contribution in [0.2, 0.25) is 5.02 Å². The fourth-order valence-electron chi connectivity index (χ4n) is 6.76. The maximum atomic E-state index is 12.6. The summed E-state index contributed by atoms with van der Waals surface area (Å²) in [6.45, 7) is 0.802. The summed E-state index contributed by atoms with van der Waals surface area (Å²) in [5.41, 5.74) is 2.81. The van der Waals surface area contributed by atoms with Gasteiger partial charge in [0.2, 0.25) is 0 Å². The smallest absolute Gasteiger partial charge is 0.251 e. The first-order valence-corrected chi connectivity index (χ1v) is 10.5. The van der Waals surface area contributed by atoms with Crippen LogP contribution in [0.25, 0.3) is 0 Å². The normalized spacial score (nSPS) is 33.8. The van der Waals surface area contributed by atoms with E-state index < -0.39 is 0 Å². The monoisotopic (exact) mass is 379 g/mol. The van der Waals surface area contributed by atoms with E-state index in [1.807, 2.05) is 12.1 Å². The number of benzene rings is 2. The number of amides is 1. The van der Waals surface area contributed by atoms with Gasteiger partial charge in [-0.3, -0.25) is 4.79 Å². The van der Waals surface area contributed by atoms with E-state index in [0.717, 1.165) is 18.4 Å². The quantitative estimate of drug-likeness (QED) is 0.735. The molecule has 6 rings (SSSR count). The summed E-state index contributed by atoms with van der Waals surface area (Å²) in [5, 5.41) is 3.93. The third-order valence-corrected chi connectivity index (χ3v) is 7.55. The Morgan fingerprint density at radius 1 is 0.963 bits per heavy atom. The SMILES string of the molecule is O=C(NCC12C[C@H]3C[C@H](C1)CC(c1ccccc1)(C3)C2)c1ccc(Cl)cc1. The molecule has 2 atom stereocenters. The van der Waals surface area contributed by atoms with Gasteiger partial charge in [0.15, 0.2) is 0 Å². The molecule has 4 fully saturated rings. The van der Waals surface area contributed by atoms with E-state index in [2.05, 4.69) is 35.6 Å². The number of hydrogen-bond acceptors (Lipinski definition) is 1. The van der Waals surface area contributed by atoms with Crippen molar-refractivity contribution >= 4 is 17.5 Å². The Morgan fingerprint density at radius 3 is 2.30 bits per heavy atom. The van der Waals surface area contributed by atoms with Crippen molar-refractivity contribution in [3.05, 3.63) is 70.7 Å². The summed E-state index contributed by atoms with van der Waals surface area (Å²) in [4.78, 5) is 12.6. The van der Waals surface area contributed by atoms with Crippen LogP contribution in [0, 0.1) is 17.3 Å². The van der Waals surface area contributed by atoms with Crippen molar-refractivity contribution in [1.29, 1.82) is 0 Å². The number of hydrogen-bond donors (Lipinski definition) is 1. The van der Waals surface area contributed by atoms with Gasteiger partial charge in [0, 0.05) is 17.1 Å². The number of nitrogens with one attached hydrogen (secondary N) is 1. The minimum atomic E-state index is 0.0242. The fourth-order valence-corrected chi connectivity index (χ4v) is 6.89. The standard InChI is InChI=1S/C24H26ClNO/c25-21-8-6-19(7-9-21)22(27)26-16-23-11-17-10-18(12-23)14-24(13-17,15-23)20-4-2-1-3-5-20/h1-9,17-18H,10-16H2,(H,26,27)/t17-,18-,23?,24?/m1/s1. The second-order valence-electron chi connectivity index (χ2n) is 9.30. The van der Waals surface area contributed by atoms with Gasteiger partial charge in [-0.25, -0.2) is 0 Å². The van der Waals surface area contributed by atoms with Crippen LogP contribution < -0.4 is 5.32 Å². The lowest BCUT2D eigenvalue weighted by molar-refractivity contribution is -0.0697. The summed E-state index contributed by atoms with van der Waals surface area (Å²) in [6, 6.07) is 18.3. The summed E-state index contributed by atoms with van der Waals surface area (Å²) >= 11 is 5.95. The van der Waals surface area contributed by atoms with E-state index in [1.54, 1.807) is 12.1 Å². The van der Waals surface area contributed by atoms with E-state index in [4.69, 9.17) is 11.6 Å². The maximum absolute atomic E-state index is 12.6. The number of halogens is 1. The molecule has 0 aromatic heterocycles. The molecule has 4 aliphatic carbocycles. The second-order valence-corrected chi connectivity index (χ2v) is 9.73. The highest BCUT2D eigenvalue weighted by molar-refractivity contribution is 6.30. The highest BCUT2D eigenvalue weighted by Crippen LogP contribution is 2.65. The first-order chi connectivity index (χ1) is 13.1. The minimum absolute atomic E-state index is 0.0242. The van der Waals surface area contributed by atoms with Gasteiger partial charge in [0.1, 0.15) is 0 Å². The average Bonchev–Trinajstić information content (AvgIpc) is 2.66. The molecule has 4 bridgehead atoms. The third kappa shape index (κ3) is 3.08. The second kappa shape index (κ2) is 6.38. The van der Waals surface area contributed by atoms with Gasteiger partial charge in [0.05, 0.1) is 0 Å². The number of carbonyl (C=O) groups is 1. The van der Waals surface area contributed by atoms with Crippen molar-refractivity contribution < 1.29 is 4.79 Å². The van der Waals surface area contributed by atoms with E-state index in [-0.39, 0.29) is 11.3 Å². The van der Waals surface area contributed by atoms with Gasteiger partial charge in [-0.2, -0.15) is 0 Å². The van der Waals surface area contributed by atoms with Crippen LogP contribution in [0.1, 0.15) is 54.4 Å². The van der Waals surface area contributed by atoms with Gasteiger partial charge in [-0.15, -0.1) is 0 Å². The molecule has 140 valence electrons. The summed E-state index contributed by atoms with van der Waals surface area (Å²) < 4.78 is 0. The first-order valence-electron chi connectivity index (χ1n) is 10.2. The Bertz CT molecular complexity index is 830. The Morgan fingerprint density at radius 2 is 1.63 bits per heavy atom. The Labute approximate surface area is 166 Å². The van der Waals surface area contributed by atoms with Crippen LogP contribution in [-0.2, 0) is 5.41 Å². The molecule has 1 amide bonds. The zero-order valence-electron chi connectivity index (χ0n) is 15.6. The van der Waals surface area contributed by atoms with Crippen molar-refractivity contribution in [3.8, 4) is 0 Å². The molecule has 2 aromatic carbocycles. The molecular formula is C24H26ClNO. The lowest BCUT2D eigenvalue weighted by Gasteiger charge is -2.62. The third-order valence-electron chi connectivity index (χ3n) is 7.30. The number of carbonyl (C=O) groups excluding carboxylic acids is 1. The molecule has 0 radical (unpaired) electrons. The van der Waals surface area contributed by atoms with Gasteiger partial charge >= 0.3 is 0 Å². The van der Waals surface area contributed by atoms with E-state index in [9.17, 15) is 4.79 Å². The molecule has 2 nitrogen and oxygen atoms in total. The Hall–Kier alpha value is -1.80. The fraction of sp³-hybridized carbons (Fsp3) is 0.458. The van der Waals surface area contributed by atoms with Gasteiger partial charge < -0.3 is 5.32 Å². The lowest BCUT2D eigenvalue weighted by Crippen LogP contribution is -2.57. The van der Waals surface area contributed by atoms with Crippen LogP contribution >= 0.6 is 11.6 Å². The maximum Gasteiger partial charge on any atom is 0.251 e. The predicted octanol–water partition coefficient (Wildman–Crippen LogP) is 5.61. The van der Waals surface area contributed by atoms with Crippen LogP contribution in [0.3, 0.4) is 0 Å². The molecule has 2 aromatic rings. The van der Waals surface area contributed by atoms with Crippen molar-refractivity contribution in [2.45, 2.75) is 43.9 Å². The number of rotatable bonds is 4. The van der Waals surface area contributed by atoms with E-state index in [0.29, 0.717) is 16.0 Å². The van der Waals surface area contributed by atoms with Crippen LogP contribution in [0.5, 0.6) is 0 Å². The van der Waals surface area contributed by atoms with E-state index >= 15 is 0 Å². The molecule has 3 heteroatoms. The van der Waals surface area contributed by atoms with Gasteiger partial charge in [0.25, 0.3) is 5.91 Å². The van der Waals surface area contributed by atoms with Crippen LogP contribution in [0.4, 0.5) is 0 Å². The molecule has 0 spiro atoms. The zero-order chi connectivity index (χ0) is 18.5. The highest BCUT2D eigenvalue weighted by Gasteiger charge is 2.57. The van der Waals surface area contributed by atoms with Crippen molar-refractivity contribution in [2.24, 2.45) is 17.3 Å². The Kier molecular flexibility index (Phi) is 4.09. The van der Waals surface area contributed by atoms with Crippen molar-refractivity contribution in [2.75, 3.05) is 6.54 Å². The molecule has 27 heavy (non-hydrogen) atoms. The van der Waals surface area contributed by atoms with Crippen molar-refractivity contribution in [3.63, 3.8) is 0 Å². The largest absolute Gasteiger partial charge is 0.351 e. The summed E-state index contributed by atoms with van der Waals surface area (Å²) in [5.74, 6) is 1.66. The summed E-state index contributed by atoms with van der Waals surface area (Å²) in [7, 11) is 0. The first kappa shape index (κ1) is 17.3. The molecular weight excluding hydrogens is 354 g/mol. The van der Waals surface area contributed by atoms with Crippen LogP contribution in [-0.4, -0.2) is 12.5 Å². The highest BCUT2D eigenvalue weighted by atomic mass is 35.5. The van der Waals surface area contributed by atoms with Crippen LogP contribution in [0.15, 0.2) is 54.6 Å². The molecule has 1 N–H and O–H groups in total. The molecule has 0 unspecified atom stereocenters. The topological polar surface area (TPSA) is 29.1 Å². The van der Waals surface area contributed by atoms with Crippen molar-refractivity contribution in [1.82, 2.24) is 5.32 Å². The molecule has 4 aliphatic rings. The van der Waals surface area contributed by atoms with E-state index in [1.165, 1.54) is 44.1 Å². The lowest BCUT2D eigenvalue weighted by atomic mass is 9.43. The average molecular weight is 380 g/mol. The Balaban J connectivity index is 1.36. The summed E-state index contributed by atoms with van der Waals surface area (Å²) in [6.07, 6.45) is 7.83. The molecule has 0 heterocycles. The zero-order valence-corrected chi connectivity index (χ0v) is 16.3. The molecule has 0 aliphatic heterocycles. The van der Waals surface area contributed by atoms with Gasteiger partial charge in [-0.1, -0.05) is 41.9 Å². The minimum Gasteiger partial charge on any atom is -0.351 e. The molecule has 4 saturated carbocycles. The predicted molar refractivity (Wildman–Crippen MR) is 109 cm³/mol. The molecule has 0 saturated heterocycles.